The topological polar surface area (TPSA) is 35.0 Å². The second-order valence-electron chi connectivity index (χ2n) is 6.69. The third kappa shape index (κ3) is 5.29. The van der Waals surface area contributed by atoms with Crippen LogP contribution < -0.4 is 4.74 Å². The maximum atomic E-state index is 13.8. The molecular formula is C22H22F2N2OS. The number of hydrogen-bond donors (Lipinski definition) is 0. The van der Waals surface area contributed by atoms with Crippen LogP contribution in [-0.4, -0.2) is 9.97 Å². The normalized spacial score (nSPS) is 11.1. The van der Waals surface area contributed by atoms with Crippen LogP contribution in [0, 0.1) is 11.6 Å². The summed E-state index contributed by atoms with van der Waals surface area (Å²) >= 11 is 1.29. The molecule has 3 nitrogen and oxygen atoms in total. The lowest BCUT2D eigenvalue weighted by Gasteiger charge is -2.11. The molecule has 0 spiro atoms. The maximum absolute atomic E-state index is 13.8. The first kappa shape index (κ1) is 20.3. The van der Waals surface area contributed by atoms with E-state index in [9.17, 15) is 8.78 Å². The molecule has 0 fully saturated rings. The van der Waals surface area contributed by atoms with Crippen LogP contribution in [0.4, 0.5) is 8.78 Å². The molecule has 0 aliphatic heterocycles. The molecule has 0 N–H and O–H groups in total. The molecule has 0 atom stereocenters. The number of benzene rings is 2. The molecule has 0 amide bonds. The van der Waals surface area contributed by atoms with Crippen molar-refractivity contribution in [3.8, 4) is 11.6 Å². The van der Waals surface area contributed by atoms with Crippen molar-refractivity contribution >= 4 is 11.8 Å². The molecule has 0 aliphatic carbocycles. The molecule has 1 aromatic heterocycles. The Morgan fingerprint density at radius 2 is 1.86 bits per heavy atom. The van der Waals surface area contributed by atoms with Gasteiger partial charge in [-0.2, -0.15) is 4.98 Å². The average molecular weight is 400 g/mol. The fourth-order valence-corrected chi connectivity index (χ4v) is 3.44. The van der Waals surface area contributed by atoms with Gasteiger partial charge in [-0.25, -0.2) is 13.8 Å². The molecular weight excluding hydrogens is 378 g/mol. The first-order valence-electron chi connectivity index (χ1n) is 9.17. The van der Waals surface area contributed by atoms with Crippen LogP contribution in [0.1, 0.15) is 43.5 Å². The van der Waals surface area contributed by atoms with Gasteiger partial charge in [0, 0.05) is 23.6 Å². The van der Waals surface area contributed by atoms with E-state index in [1.54, 1.807) is 0 Å². The Kier molecular flexibility index (Phi) is 6.62. The quantitative estimate of drug-likeness (QED) is 0.334. The highest BCUT2D eigenvalue weighted by molar-refractivity contribution is 7.98. The first-order valence-corrected chi connectivity index (χ1v) is 10.2. The molecule has 0 unspecified atom stereocenters. The summed E-state index contributed by atoms with van der Waals surface area (Å²) in [6.07, 6.45) is 0.726. The number of aromatic nitrogens is 2. The predicted molar refractivity (Wildman–Crippen MR) is 108 cm³/mol. The van der Waals surface area contributed by atoms with Gasteiger partial charge in [0.1, 0.15) is 17.4 Å². The number of rotatable bonds is 7. The molecule has 2 aromatic carbocycles. The van der Waals surface area contributed by atoms with E-state index in [1.165, 1.54) is 29.5 Å². The van der Waals surface area contributed by atoms with Gasteiger partial charge in [0.25, 0.3) is 0 Å². The molecule has 146 valence electrons. The highest BCUT2D eigenvalue weighted by Crippen LogP contribution is 2.28. The molecule has 0 aliphatic rings. The lowest BCUT2D eigenvalue weighted by Crippen LogP contribution is -1.98. The Morgan fingerprint density at radius 1 is 1.04 bits per heavy atom. The van der Waals surface area contributed by atoms with Crippen molar-refractivity contribution in [2.45, 2.75) is 44.0 Å². The standard InChI is InChI=1S/C22H22F2N2OS/c1-4-18-12-21(27-19-7-5-6-15(10-19)14(2)3)26-22(25-18)28-13-16-8-9-17(23)11-20(16)24/h5-12,14H,4,13H2,1-3H3. The van der Waals surface area contributed by atoms with Crippen molar-refractivity contribution < 1.29 is 13.5 Å². The van der Waals surface area contributed by atoms with Gasteiger partial charge in [-0.15, -0.1) is 0 Å². The van der Waals surface area contributed by atoms with Gasteiger partial charge in [0.2, 0.25) is 5.88 Å². The van der Waals surface area contributed by atoms with Crippen LogP contribution in [-0.2, 0) is 12.2 Å². The monoisotopic (exact) mass is 400 g/mol. The zero-order valence-electron chi connectivity index (χ0n) is 16.1. The van der Waals surface area contributed by atoms with Crippen LogP contribution >= 0.6 is 11.8 Å². The van der Waals surface area contributed by atoms with Gasteiger partial charge in [-0.1, -0.05) is 50.7 Å². The van der Waals surface area contributed by atoms with Crippen molar-refractivity contribution in [3.63, 3.8) is 0 Å². The van der Waals surface area contributed by atoms with E-state index in [0.29, 0.717) is 34.0 Å². The van der Waals surface area contributed by atoms with Gasteiger partial charge >= 0.3 is 0 Å². The Morgan fingerprint density at radius 3 is 2.57 bits per heavy atom. The predicted octanol–water partition coefficient (Wildman–Crippen LogP) is 6.53. The summed E-state index contributed by atoms with van der Waals surface area (Å²) in [6, 6.07) is 13.3. The summed E-state index contributed by atoms with van der Waals surface area (Å²) in [7, 11) is 0. The second-order valence-corrected chi connectivity index (χ2v) is 7.63. The summed E-state index contributed by atoms with van der Waals surface area (Å²) in [4.78, 5) is 8.92. The van der Waals surface area contributed by atoms with Crippen LogP contribution in [0.3, 0.4) is 0 Å². The molecule has 0 radical (unpaired) electrons. The van der Waals surface area contributed by atoms with E-state index in [4.69, 9.17) is 4.74 Å². The van der Waals surface area contributed by atoms with Gasteiger partial charge in [-0.3, -0.25) is 0 Å². The van der Waals surface area contributed by atoms with Gasteiger partial charge in [0.15, 0.2) is 5.16 Å². The van der Waals surface area contributed by atoms with E-state index in [-0.39, 0.29) is 0 Å². The third-order valence-electron chi connectivity index (χ3n) is 4.22. The SMILES string of the molecule is CCc1cc(Oc2cccc(C(C)C)c2)nc(SCc2ccc(F)cc2F)n1. The smallest absolute Gasteiger partial charge is 0.223 e. The number of nitrogens with zero attached hydrogens (tertiary/aromatic N) is 2. The lowest BCUT2D eigenvalue weighted by atomic mass is 10.0. The molecule has 0 saturated heterocycles. The van der Waals surface area contributed by atoms with Crippen LogP contribution in [0.25, 0.3) is 0 Å². The number of aryl methyl sites for hydroxylation is 1. The number of thioether (sulfide) groups is 1. The second kappa shape index (κ2) is 9.15. The van der Waals surface area contributed by atoms with Gasteiger partial charge in [0.05, 0.1) is 0 Å². The highest BCUT2D eigenvalue weighted by Gasteiger charge is 2.10. The highest BCUT2D eigenvalue weighted by atomic mass is 32.2. The fourth-order valence-electron chi connectivity index (χ4n) is 2.59. The molecule has 3 rings (SSSR count). The van der Waals surface area contributed by atoms with Crippen molar-refractivity contribution in [2.24, 2.45) is 0 Å². The van der Waals surface area contributed by atoms with Crippen molar-refractivity contribution in [1.82, 2.24) is 9.97 Å². The maximum Gasteiger partial charge on any atom is 0.223 e. The minimum absolute atomic E-state index is 0.307. The fraction of sp³-hybridized carbons (Fsp3) is 0.273. The molecule has 28 heavy (non-hydrogen) atoms. The Balaban J connectivity index is 1.79. The zero-order valence-corrected chi connectivity index (χ0v) is 16.9. The van der Waals surface area contributed by atoms with Gasteiger partial charge < -0.3 is 4.74 Å². The molecule has 3 aromatic rings. The zero-order chi connectivity index (χ0) is 20.1. The van der Waals surface area contributed by atoms with E-state index < -0.39 is 11.6 Å². The van der Waals surface area contributed by atoms with E-state index >= 15 is 0 Å². The van der Waals surface area contributed by atoms with Crippen LogP contribution in [0.2, 0.25) is 0 Å². The minimum atomic E-state index is -0.588. The summed E-state index contributed by atoms with van der Waals surface area (Å²) in [5.74, 6) is 0.719. The van der Waals surface area contributed by atoms with Crippen LogP contribution in [0.5, 0.6) is 11.6 Å². The summed E-state index contributed by atoms with van der Waals surface area (Å²) < 4.78 is 32.9. The largest absolute Gasteiger partial charge is 0.439 e. The van der Waals surface area contributed by atoms with Crippen molar-refractivity contribution in [2.75, 3.05) is 0 Å². The third-order valence-corrected chi connectivity index (χ3v) is 5.11. The summed E-state index contributed by atoms with van der Waals surface area (Å²) in [5, 5.41) is 0.498. The summed E-state index contributed by atoms with van der Waals surface area (Å²) in [5.41, 5.74) is 2.43. The molecule has 6 heteroatoms. The Bertz CT molecular complexity index is 963. The molecule has 0 bridgehead atoms. The van der Waals surface area contributed by atoms with Crippen molar-refractivity contribution in [3.05, 3.63) is 77.0 Å². The van der Waals surface area contributed by atoms with E-state index in [0.717, 1.165) is 18.2 Å². The van der Waals surface area contributed by atoms with Gasteiger partial charge in [-0.05, 0) is 41.7 Å². The number of ether oxygens (including phenoxy) is 1. The van der Waals surface area contributed by atoms with Crippen molar-refractivity contribution in [1.29, 1.82) is 0 Å². The van der Waals surface area contributed by atoms with Crippen LogP contribution in [0.15, 0.2) is 53.7 Å². The Hall–Kier alpha value is -2.47. The van der Waals surface area contributed by atoms with E-state index in [1.807, 2.05) is 31.2 Å². The number of hydrogen-bond acceptors (Lipinski definition) is 4. The summed E-state index contributed by atoms with van der Waals surface area (Å²) in [6.45, 7) is 6.25. The molecule has 1 heterocycles. The average Bonchev–Trinajstić information content (AvgIpc) is 2.67. The van der Waals surface area contributed by atoms with E-state index in [2.05, 4.69) is 29.9 Å². The Labute approximate surface area is 168 Å². The molecule has 0 saturated carbocycles. The lowest BCUT2D eigenvalue weighted by molar-refractivity contribution is 0.453. The first-order chi connectivity index (χ1) is 13.4. The number of halogens is 2. The minimum Gasteiger partial charge on any atom is -0.439 e.